The monoisotopic (exact) mass is 471 g/mol. The van der Waals surface area contributed by atoms with Gasteiger partial charge in [0.25, 0.3) is 0 Å². The lowest BCUT2D eigenvalue weighted by Crippen LogP contribution is -2.54. The zero-order chi connectivity index (χ0) is 23.9. The van der Waals surface area contributed by atoms with Gasteiger partial charge in [-0.25, -0.2) is 12.8 Å². The van der Waals surface area contributed by atoms with Crippen LogP contribution in [-0.2, 0) is 15.6 Å². The molecule has 2 atom stereocenters. The van der Waals surface area contributed by atoms with Crippen molar-refractivity contribution in [3.05, 3.63) is 59.4 Å². The van der Waals surface area contributed by atoms with Crippen molar-refractivity contribution in [1.82, 2.24) is 4.31 Å². The Hall–Kier alpha value is -2.68. The molecule has 0 radical (unpaired) electrons. The molecule has 0 aromatic heterocycles. The third-order valence-electron chi connectivity index (χ3n) is 5.56. The number of nitrogens with zero attached hydrogens (tertiary/aromatic N) is 3. The maximum absolute atomic E-state index is 13.4. The number of piperazine rings is 1. The van der Waals surface area contributed by atoms with Gasteiger partial charge in [0.05, 0.1) is 16.1 Å². The Labute approximate surface area is 183 Å². The Morgan fingerprint density at radius 3 is 2.28 bits per heavy atom. The smallest absolute Gasteiger partial charge is 0.376 e. The highest BCUT2D eigenvalue weighted by Crippen LogP contribution is 2.39. The van der Waals surface area contributed by atoms with E-state index in [-0.39, 0.29) is 30.1 Å². The first kappa shape index (κ1) is 24.0. The third kappa shape index (κ3) is 4.30. The Balaban J connectivity index is 1.82. The van der Waals surface area contributed by atoms with Gasteiger partial charge in [0.2, 0.25) is 10.0 Å². The minimum absolute atomic E-state index is 0.0633. The van der Waals surface area contributed by atoms with Crippen molar-refractivity contribution in [3.63, 3.8) is 0 Å². The van der Waals surface area contributed by atoms with E-state index in [0.29, 0.717) is 12.6 Å². The molecule has 1 N–H and O–H groups in total. The molecule has 1 aliphatic heterocycles. The van der Waals surface area contributed by atoms with E-state index < -0.39 is 39.2 Å². The molecular weight excluding hydrogens is 450 g/mol. The maximum Gasteiger partial charge on any atom is 0.421 e. The number of sulfonamides is 1. The highest BCUT2D eigenvalue weighted by atomic mass is 32.2. The molecular formula is C21H21F4N3O3S. The van der Waals surface area contributed by atoms with Crippen LogP contribution in [0.1, 0.15) is 25.0 Å². The first-order chi connectivity index (χ1) is 14.8. The lowest BCUT2D eigenvalue weighted by Gasteiger charge is -2.40. The van der Waals surface area contributed by atoms with Crippen LogP contribution in [0.4, 0.5) is 23.2 Å². The summed E-state index contributed by atoms with van der Waals surface area (Å²) in [6.45, 7) is 2.81. The minimum atomic E-state index is -4.92. The van der Waals surface area contributed by atoms with Crippen molar-refractivity contribution in [1.29, 1.82) is 5.26 Å². The van der Waals surface area contributed by atoms with Gasteiger partial charge in [0, 0.05) is 25.7 Å². The summed E-state index contributed by atoms with van der Waals surface area (Å²) in [4.78, 5) is 1.59. The molecule has 3 rings (SSSR count). The van der Waals surface area contributed by atoms with Crippen LogP contribution in [0, 0.1) is 17.1 Å². The molecule has 1 aliphatic rings. The Kier molecular flexibility index (Phi) is 6.25. The van der Waals surface area contributed by atoms with Crippen LogP contribution in [-0.4, -0.2) is 49.7 Å². The molecule has 1 unspecified atom stereocenters. The van der Waals surface area contributed by atoms with Crippen molar-refractivity contribution >= 4 is 15.7 Å². The molecule has 0 bridgehead atoms. The molecule has 0 amide bonds. The second kappa shape index (κ2) is 8.35. The topological polar surface area (TPSA) is 84.6 Å². The van der Waals surface area contributed by atoms with E-state index in [1.54, 1.807) is 11.8 Å². The highest BCUT2D eigenvalue weighted by Gasteiger charge is 2.51. The zero-order valence-electron chi connectivity index (χ0n) is 17.3. The number of benzene rings is 2. The fraction of sp³-hybridized carbons (Fsp3) is 0.381. The van der Waals surface area contributed by atoms with Gasteiger partial charge in [-0.05, 0) is 49.7 Å². The third-order valence-corrected chi connectivity index (χ3v) is 7.59. The van der Waals surface area contributed by atoms with Crippen molar-refractivity contribution in [2.24, 2.45) is 0 Å². The average molecular weight is 471 g/mol. The van der Waals surface area contributed by atoms with Crippen LogP contribution in [0.5, 0.6) is 0 Å². The van der Waals surface area contributed by atoms with Gasteiger partial charge in [-0.15, -0.1) is 0 Å². The van der Waals surface area contributed by atoms with Gasteiger partial charge >= 0.3 is 6.18 Å². The molecule has 0 saturated carbocycles. The normalized spacial score (nSPS) is 19.9. The Bertz CT molecular complexity index is 1140. The van der Waals surface area contributed by atoms with Gasteiger partial charge < -0.3 is 10.0 Å². The van der Waals surface area contributed by atoms with E-state index >= 15 is 0 Å². The van der Waals surface area contributed by atoms with Gasteiger partial charge in [-0.2, -0.15) is 22.7 Å². The molecule has 2 aromatic rings. The SMILES string of the molecule is C[C@@H]1CN(c2ccc(F)cc2C#N)CCN1S(=O)(=O)c1ccc(C(C)(O)C(F)(F)F)cc1. The maximum atomic E-state index is 13.4. The summed E-state index contributed by atoms with van der Waals surface area (Å²) in [7, 11) is -4.02. The molecule has 0 spiro atoms. The van der Waals surface area contributed by atoms with E-state index in [9.17, 15) is 36.3 Å². The van der Waals surface area contributed by atoms with Crippen LogP contribution in [0.25, 0.3) is 0 Å². The Morgan fingerprint density at radius 2 is 1.75 bits per heavy atom. The number of rotatable bonds is 4. The molecule has 172 valence electrons. The summed E-state index contributed by atoms with van der Waals surface area (Å²) in [5.41, 5.74) is -2.94. The predicted molar refractivity (Wildman–Crippen MR) is 109 cm³/mol. The molecule has 1 saturated heterocycles. The largest absolute Gasteiger partial charge is 0.421 e. The lowest BCUT2D eigenvalue weighted by atomic mass is 9.96. The highest BCUT2D eigenvalue weighted by molar-refractivity contribution is 7.89. The van der Waals surface area contributed by atoms with Crippen molar-refractivity contribution in [2.75, 3.05) is 24.5 Å². The van der Waals surface area contributed by atoms with Gasteiger partial charge in [0.1, 0.15) is 11.9 Å². The second-order valence-electron chi connectivity index (χ2n) is 7.78. The molecule has 2 aromatic carbocycles. The number of anilines is 1. The van der Waals surface area contributed by atoms with Gasteiger partial charge in [0.15, 0.2) is 5.60 Å². The van der Waals surface area contributed by atoms with E-state index in [2.05, 4.69) is 0 Å². The molecule has 6 nitrogen and oxygen atoms in total. The molecule has 32 heavy (non-hydrogen) atoms. The summed E-state index contributed by atoms with van der Waals surface area (Å²) < 4.78 is 79.9. The van der Waals surface area contributed by atoms with E-state index in [4.69, 9.17) is 0 Å². The van der Waals surface area contributed by atoms with E-state index in [0.717, 1.165) is 30.3 Å². The predicted octanol–water partition coefficient (Wildman–Crippen LogP) is 3.37. The fourth-order valence-corrected chi connectivity index (χ4v) is 5.25. The van der Waals surface area contributed by atoms with Crippen LogP contribution < -0.4 is 4.90 Å². The molecule has 0 aliphatic carbocycles. The quantitative estimate of drug-likeness (QED) is 0.692. The van der Waals surface area contributed by atoms with Gasteiger partial charge in [-0.3, -0.25) is 0 Å². The number of hydrogen-bond donors (Lipinski definition) is 1. The summed E-state index contributed by atoms with van der Waals surface area (Å²) in [6.07, 6.45) is -4.92. The van der Waals surface area contributed by atoms with E-state index in [1.165, 1.54) is 16.4 Å². The summed E-state index contributed by atoms with van der Waals surface area (Å²) in [6, 6.07) is 9.17. The van der Waals surface area contributed by atoms with Crippen molar-refractivity contribution < 1.29 is 31.1 Å². The molecule has 1 fully saturated rings. The molecule has 11 heteroatoms. The van der Waals surface area contributed by atoms with Crippen LogP contribution in [0.15, 0.2) is 47.4 Å². The fourth-order valence-electron chi connectivity index (χ4n) is 3.64. The first-order valence-corrected chi connectivity index (χ1v) is 11.1. The van der Waals surface area contributed by atoms with Crippen LogP contribution in [0.3, 0.4) is 0 Å². The van der Waals surface area contributed by atoms with Crippen LogP contribution in [0.2, 0.25) is 0 Å². The number of nitriles is 1. The number of halogens is 4. The average Bonchev–Trinajstić information content (AvgIpc) is 2.72. The lowest BCUT2D eigenvalue weighted by molar-refractivity contribution is -0.258. The minimum Gasteiger partial charge on any atom is -0.376 e. The summed E-state index contributed by atoms with van der Waals surface area (Å²) in [5, 5.41) is 19.0. The first-order valence-electron chi connectivity index (χ1n) is 9.65. The van der Waals surface area contributed by atoms with Crippen molar-refractivity contribution in [2.45, 2.75) is 36.6 Å². The van der Waals surface area contributed by atoms with E-state index in [1.807, 2.05) is 6.07 Å². The zero-order valence-corrected chi connectivity index (χ0v) is 18.1. The van der Waals surface area contributed by atoms with Crippen molar-refractivity contribution in [3.8, 4) is 6.07 Å². The van der Waals surface area contributed by atoms with Crippen LogP contribution >= 0.6 is 0 Å². The number of hydrogen-bond acceptors (Lipinski definition) is 5. The Morgan fingerprint density at radius 1 is 1.12 bits per heavy atom. The summed E-state index contributed by atoms with van der Waals surface area (Å²) >= 11 is 0. The number of alkyl halides is 3. The standard InChI is InChI=1S/C21H21F4N3O3S/c1-14-13-27(19-8-5-17(22)11-15(19)12-26)9-10-28(14)32(30,31)18-6-3-16(4-7-18)20(2,29)21(23,24)25/h3-8,11,14,29H,9-10,13H2,1-2H3/t14-,20?/m1/s1. The summed E-state index contributed by atoms with van der Waals surface area (Å²) in [5.74, 6) is -0.549. The number of aliphatic hydroxyl groups is 1. The second-order valence-corrected chi connectivity index (χ2v) is 9.67. The van der Waals surface area contributed by atoms with Gasteiger partial charge in [-0.1, -0.05) is 12.1 Å². The molecule has 1 heterocycles.